The lowest BCUT2D eigenvalue weighted by atomic mass is 10.1. The fourth-order valence-corrected chi connectivity index (χ4v) is 1.45. The molecule has 4 heteroatoms. The quantitative estimate of drug-likeness (QED) is 0.626. The first-order valence-corrected chi connectivity index (χ1v) is 5.13. The van der Waals surface area contributed by atoms with Crippen LogP contribution in [0.25, 0.3) is 0 Å². The second kappa shape index (κ2) is 4.18. The molecule has 0 amide bonds. The van der Waals surface area contributed by atoms with Crippen LogP contribution in [0.5, 0.6) is 0 Å². The Hall–Kier alpha value is -2.10. The van der Waals surface area contributed by atoms with Crippen molar-refractivity contribution in [3.63, 3.8) is 0 Å². The summed E-state index contributed by atoms with van der Waals surface area (Å²) >= 11 is 0. The summed E-state index contributed by atoms with van der Waals surface area (Å²) in [6, 6.07) is 6.89. The molecule has 82 valence electrons. The van der Waals surface area contributed by atoms with Gasteiger partial charge in [0.15, 0.2) is 5.78 Å². The van der Waals surface area contributed by atoms with Crippen molar-refractivity contribution in [2.24, 2.45) is 0 Å². The fraction of sp³-hybridized carbons (Fsp3) is 0.167. The van der Waals surface area contributed by atoms with E-state index < -0.39 is 0 Å². The Balaban J connectivity index is 2.28. The number of nitrogen functional groups attached to an aromatic ring is 1. The highest BCUT2D eigenvalue weighted by Gasteiger charge is 2.10. The van der Waals surface area contributed by atoms with Crippen LogP contribution < -0.4 is 5.73 Å². The number of hydrogen-bond donors (Lipinski definition) is 1. The minimum atomic E-state index is -0.0281. The van der Waals surface area contributed by atoms with Gasteiger partial charge >= 0.3 is 0 Å². The summed E-state index contributed by atoms with van der Waals surface area (Å²) in [6.45, 7) is 2.74. The van der Waals surface area contributed by atoms with Crippen LogP contribution in [0.4, 0.5) is 5.69 Å². The monoisotopic (exact) mass is 215 g/mol. The lowest BCUT2D eigenvalue weighted by Crippen LogP contribution is -2.00. The summed E-state index contributed by atoms with van der Waals surface area (Å²) in [7, 11) is 0. The lowest BCUT2D eigenvalue weighted by molar-refractivity contribution is 0.103. The van der Waals surface area contributed by atoms with Crippen molar-refractivity contribution in [3.8, 4) is 0 Å². The van der Waals surface area contributed by atoms with Gasteiger partial charge in [0, 0.05) is 24.0 Å². The number of rotatable bonds is 3. The van der Waals surface area contributed by atoms with E-state index in [1.165, 1.54) is 0 Å². The highest BCUT2D eigenvalue weighted by molar-refractivity contribution is 6.08. The number of anilines is 1. The number of ketones is 1. The van der Waals surface area contributed by atoms with Gasteiger partial charge in [0.1, 0.15) is 0 Å². The van der Waals surface area contributed by atoms with Crippen LogP contribution in [0, 0.1) is 0 Å². The van der Waals surface area contributed by atoms with Gasteiger partial charge in [-0.2, -0.15) is 5.10 Å². The summed E-state index contributed by atoms with van der Waals surface area (Å²) in [4.78, 5) is 12.0. The van der Waals surface area contributed by atoms with E-state index in [0.29, 0.717) is 16.8 Å². The maximum atomic E-state index is 12.0. The molecule has 0 aliphatic heterocycles. The first-order valence-electron chi connectivity index (χ1n) is 5.13. The zero-order chi connectivity index (χ0) is 11.5. The number of nitrogens with two attached hydrogens (primary N) is 1. The lowest BCUT2D eigenvalue weighted by Gasteiger charge is -1.98. The molecule has 1 aromatic heterocycles. The summed E-state index contributed by atoms with van der Waals surface area (Å²) in [5.74, 6) is -0.0281. The first-order chi connectivity index (χ1) is 7.70. The van der Waals surface area contributed by atoms with Crippen LogP contribution in [0.15, 0.2) is 36.7 Å². The van der Waals surface area contributed by atoms with Gasteiger partial charge in [-0.3, -0.25) is 9.48 Å². The minimum absolute atomic E-state index is 0.0281. The van der Waals surface area contributed by atoms with Gasteiger partial charge in [0.05, 0.1) is 11.8 Å². The first kappa shape index (κ1) is 10.4. The largest absolute Gasteiger partial charge is 0.399 e. The van der Waals surface area contributed by atoms with Crippen LogP contribution in [-0.2, 0) is 6.54 Å². The number of benzene rings is 1. The van der Waals surface area contributed by atoms with Gasteiger partial charge < -0.3 is 5.73 Å². The Morgan fingerprint density at radius 3 is 2.56 bits per heavy atom. The molecule has 2 rings (SSSR count). The second-order valence-electron chi connectivity index (χ2n) is 3.54. The van der Waals surface area contributed by atoms with Crippen LogP contribution >= 0.6 is 0 Å². The van der Waals surface area contributed by atoms with E-state index in [4.69, 9.17) is 5.73 Å². The van der Waals surface area contributed by atoms with E-state index >= 15 is 0 Å². The van der Waals surface area contributed by atoms with Crippen LogP contribution in [0.2, 0.25) is 0 Å². The topological polar surface area (TPSA) is 60.9 Å². The molecule has 0 aliphatic rings. The highest BCUT2D eigenvalue weighted by atomic mass is 16.1. The summed E-state index contributed by atoms with van der Waals surface area (Å²) in [6.07, 6.45) is 3.33. The van der Waals surface area contributed by atoms with Crippen molar-refractivity contribution in [2.75, 3.05) is 5.73 Å². The van der Waals surface area contributed by atoms with Crippen molar-refractivity contribution in [3.05, 3.63) is 47.8 Å². The molecule has 0 bridgehead atoms. The van der Waals surface area contributed by atoms with Gasteiger partial charge in [0.2, 0.25) is 0 Å². The molecule has 0 saturated carbocycles. The predicted octanol–water partition coefficient (Wildman–Crippen LogP) is 1.72. The van der Waals surface area contributed by atoms with Crippen LogP contribution in [0.1, 0.15) is 22.8 Å². The second-order valence-corrected chi connectivity index (χ2v) is 3.54. The normalized spacial score (nSPS) is 10.3. The van der Waals surface area contributed by atoms with Gasteiger partial charge in [-0.1, -0.05) is 0 Å². The summed E-state index contributed by atoms with van der Waals surface area (Å²) in [5.41, 5.74) is 7.45. The number of aryl methyl sites for hydroxylation is 1. The smallest absolute Gasteiger partial charge is 0.196 e. The molecule has 0 unspecified atom stereocenters. The Bertz CT molecular complexity index is 499. The molecule has 4 nitrogen and oxygen atoms in total. The Kier molecular flexibility index (Phi) is 2.72. The zero-order valence-corrected chi connectivity index (χ0v) is 9.05. The Labute approximate surface area is 93.7 Å². The van der Waals surface area contributed by atoms with Crippen molar-refractivity contribution >= 4 is 11.5 Å². The molecular weight excluding hydrogens is 202 g/mol. The number of carbonyl (C=O) groups is 1. The molecule has 2 N–H and O–H groups in total. The number of aromatic nitrogens is 2. The molecule has 0 atom stereocenters. The van der Waals surface area contributed by atoms with E-state index in [9.17, 15) is 4.79 Å². The number of nitrogens with zero attached hydrogens (tertiary/aromatic N) is 2. The third-order valence-electron chi connectivity index (χ3n) is 2.39. The molecule has 0 fully saturated rings. The maximum Gasteiger partial charge on any atom is 0.196 e. The third kappa shape index (κ3) is 1.95. The summed E-state index contributed by atoms with van der Waals surface area (Å²) in [5, 5.41) is 4.07. The molecular formula is C12H13N3O. The van der Waals surface area contributed by atoms with Crippen LogP contribution in [0.3, 0.4) is 0 Å². The molecule has 16 heavy (non-hydrogen) atoms. The Morgan fingerprint density at radius 1 is 1.31 bits per heavy atom. The zero-order valence-electron chi connectivity index (χ0n) is 9.05. The standard InChI is InChI=1S/C12H13N3O/c1-2-15-8-10(7-14-15)12(16)9-3-5-11(13)6-4-9/h3-8H,2,13H2,1H3. The van der Waals surface area contributed by atoms with Crippen molar-refractivity contribution in [1.82, 2.24) is 9.78 Å². The van der Waals surface area contributed by atoms with Crippen LogP contribution in [-0.4, -0.2) is 15.6 Å². The van der Waals surface area contributed by atoms with E-state index in [-0.39, 0.29) is 5.78 Å². The van der Waals surface area contributed by atoms with E-state index in [1.807, 2.05) is 6.92 Å². The highest BCUT2D eigenvalue weighted by Crippen LogP contribution is 2.11. The van der Waals surface area contributed by atoms with Gasteiger partial charge in [-0.15, -0.1) is 0 Å². The number of carbonyl (C=O) groups excluding carboxylic acids is 1. The van der Waals surface area contributed by atoms with E-state index in [2.05, 4.69) is 5.10 Å². The molecule has 0 aliphatic carbocycles. The van der Waals surface area contributed by atoms with E-state index in [1.54, 1.807) is 41.3 Å². The third-order valence-corrected chi connectivity index (χ3v) is 2.39. The molecule has 0 spiro atoms. The van der Waals surface area contributed by atoms with Crippen molar-refractivity contribution in [2.45, 2.75) is 13.5 Å². The van der Waals surface area contributed by atoms with Crippen molar-refractivity contribution in [1.29, 1.82) is 0 Å². The summed E-state index contributed by atoms with van der Waals surface area (Å²) < 4.78 is 1.73. The molecule has 0 saturated heterocycles. The molecule has 1 aromatic carbocycles. The van der Waals surface area contributed by atoms with Gasteiger partial charge in [0.25, 0.3) is 0 Å². The van der Waals surface area contributed by atoms with Crippen molar-refractivity contribution < 1.29 is 4.79 Å². The minimum Gasteiger partial charge on any atom is -0.399 e. The predicted molar refractivity (Wildman–Crippen MR) is 62.2 cm³/mol. The van der Waals surface area contributed by atoms with Gasteiger partial charge in [-0.05, 0) is 31.2 Å². The number of hydrogen-bond acceptors (Lipinski definition) is 3. The fourth-order valence-electron chi connectivity index (χ4n) is 1.45. The molecule has 2 aromatic rings. The average molecular weight is 215 g/mol. The molecule has 0 radical (unpaired) electrons. The molecule has 1 heterocycles. The van der Waals surface area contributed by atoms with Gasteiger partial charge in [-0.25, -0.2) is 0 Å². The maximum absolute atomic E-state index is 12.0. The average Bonchev–Trinajstić information content (AvgIpc) is 2.77. The SMILES string of the molecule is CCn1cc(C(=O)c2ccc(N)cc2)cn1. The van der Waals surface area contributed by atoms with E-state index in [0.717, 1.165) is 6.54 Å². The Morgan fingerprint density at radius 2 is 2.00 bits per heavy atom.